The van der Waals surface area contributed by atoms with Gasteiger partial charge in [-0.05, 0) is 32.4 Å². The van der Waals surface area contributed by atoms with Gasteiger partial charge in [-0.3, -0.25) is 9.59 Å². The minimum absolute atomic E-state index is 0.0770. The number of amides is 1. The molecular weight excluding hydrogens is 352 g/mol. The van der Waals surface area contributed by atoms with Gasteiger partial charge in [-0.1, -0.05) is 19.8 Å². The molecular formula is C19H22N2O4S. The molecule has 26 heavy (non-hydrogen) atoms. The van der Waals surface area contributed by atoms with Crippen molar-refractivity contribution in [2.75, 3.05) is 6.54 Å². The highest BCUT2D eigenvalue weighted by molar-refractivity contribution is 7.14. The number of carbonyl (C=O) groups excluding carboxylic acids is 2. The standard InChI is InChI=1S/C19H22N2O4S/c1-4-5-6-9-21-15(13-8-7-10-25-13)14(17(23)19(21)24)16(22)18-11(2)20-12(3)26-18/h7-8,10,15,23H,4-6,9H2,1-3H3. The maximum absolute atomic E-state index is 13.2. The summed E-state index contributed by atoms with van der Waals surface area (Å²) < 4.78 is 5.50. The monoisotopic (exact) mass is 374 g/mol. The number of unbranched alkanes of at least 4 members (excludes halogenated alkanes) is 2. The summed E-state index contributed by atoms with van der Waals surface area (Å²) >= 11 is 1.27. The van der Waals surface area contributed by atoms with E-state index < -0.39 is 17.7 Å². The molecule has 6 nitrogen and oxygen atoms in total. The van der Waals surface area contributed by atoms with Crippen LogP contribution >= 0.6 is 11.3 Å². The predicted molar refractivity (Wildman–Crippen MR) is 98.3 cm³/mol. The molecule has 2 aromatic rings. The Morgan fingerprint density at radius 3 is 2.73 bits per heavy atom. The molecule has 0 bridgehead atoms. The summed E-state index contributed by atoms with van der Waals surface area (Å²) in [5.41, 5.74) is 0.682. The molecule has 0 radical (unpaired) electrons. The van der Waals surface area contributed by atoms with Gasteiger partial charge in [0.1, 0.15) is 11.8 Å². The fraction of sp³-hybridized carbons (Fsp3) is 0.421. The Labute approximate surface area is 156 Å². The molecule has 0 saturated heterocycles. The maximum Gasteiger partial charge on any atom is 0.290 e. The van der Waals surface area contributed by atoms with Gasteiger partial charge in [0.2, 0.25) is 5.78 Å². The molecule has 0 aromatic carbocycles. The van der Waals surface area contributed by atoms with Gasteiger partial charge in [0.15, 0.2) is 5.76 Å². The number of furan rings is 1. The zero-order valence-electron chi connectivity index (χ0n) is 15.1. The molecule has 1 unspecified atom stereocenters. The minimum Gasteiger partial charge on any atom is -0.503 e. The van der Waals surface area contributed by atoms with Crippen LogP contribution in [0, 0.1) is 13.8 Å². The predicted octanol–water partition coefficient (Wildman–Crippen LogP) is 4.12. The van der Waals surface area contributed by atoms with Gasteiger partial charge in [-0.25, -0.2) is 4.98 Å². The van der Waals surface area contributed by atoms with Crippen molar-refractivity contribution < 1.29 is 19.1 Å². The first-order valence-electron chi connectivity index (χ1n) is 8.71. The number of aromatic nitrogens is 1. The maximum atomic E-state index is 13.2. The van der Waals surface area contributed by atoms with E-state index in [4.69, 9.17) is 4.42 Å². The molecule has 0 saturated carbocycles. The molecule has 1 N–H and O–H groups in total. The van der Waals surface area contributed by atoms with E-state index in [2.05, 4.69) is 11.9 Å². The number of rotatable bonds is 7. The molecule has 1 atom stereocenters. The summed E-state index contributed by atoms with van der Waals surface area (Å²) in [6, 6.07) is 2.73. The summed E-state index contributed by atoms with van der Waals surface area (Å²) in [7, 11) is 0. The molecule has 138 valence electrons. The van der Waals surface area contributed by atoms with E-state index in [1.807, 2.05) is 6.92 Å². The summed E-state index contributed by atoms with van der Waals surface area (Å²) in [6.45, 7) is 6.12. The molecule has 0 fully saturated rings. The molecule has 0 spiro atoms. The molecule has 2 aromatic heterocycles. The number of hydrogen-bond donors (Lipinski definition) is 1. The Morgan fingerprint density at radius 1 is 1.38 bits per heavy atom. The molecule has 1 amide bonds. The SMILES string of the molecule is CCCCCN1C(=O)C(O)=C(C(=O)c2sc(C)nc2C)C1c1ccco1. The number of hydrogen-bond acceptors (Lipinski definition) is 6. The van der Waals surface area contributed by atoms with Gasteiger partial charge in [0.25, 0.3) is 5.91 Å². The van der Waals surface area contributed by atoms with Crippen molar-refractivity contribution in [1.82, 2.24) is 9.88 Å². The number of Topliss-reactive ketones (excluding diaryl/α,β-unsaturated/α-hetero) is 1. The van der Waals surface area contributed by atoms with Crippen LogP contribution in [0.15, 0.2) is 34.1 Å². The number of aliphatic hydroxyl groups is 1. The van der Waals surface area contributed by atoms with E-state index in [0.717, 1.165) is 24.3 Å². The van der Waals surface area contributed by atoms with Crippen molar-refractivity contribution in [2.45, 2.75) is 46.1 Å². The third-order valence-corrected chi connectivity index (χ3v) is 5.54. The Bertz CT molecular complexity index is 851. The van der Waals surface area contributed by atoms with E-state index in [1.165, 1.54) is 22.5 Å². The zero-order valence-corrected chi connectivity index (χ0v) is 15.9. The average molecular weight is 374 g/mol. The summed E-state index contributed by atoms with van der Waals surface area (Å²) in [6.07, 6.45) is 4.28. The molecule has 0 aliphatic carbocycles. The first-order valence-corrected chi connectivity index (χ1v) is 9.53. The first-order chi connectivity index (χ1) is 12.5. The number of carbonyl (C=O) groups is 2. The van der Waals surface area contributed by atoms with Crippen molar-refractivity contribution in [3.63, 3.8) is 0 Å². The number of nitrogens with zero attached hydrogens (tertiary/aromatic N) is 2. The van der Waals surface area contributed by atoms with Crippen molar-refractivity contribution in [3.05, 3.63) is 51.1 Å². The Balaban J connectivity index is 2.02. The van der Waals surface area contributed by atoms with Crippen LogP contribution in [0.2, 0.25) is 0 Å². The van der Waals surface area contributed by atoms with Gasteiger partial charge in [0.05, 0.1) is 27.4 Å². The summed E-state index contributed by atoms with van der Waals surface area (Å²) in [5, 5.41) is 11.3. The quantitative estimate of drug-likeness (QED) is 0.582. The fourth-order valence-corrected chi connectivity index (χ4v) is 4.13. The lowest BCUT2D eigenvalue weighted by atomic mass is 9.99. The van der Waals surface area contributed by atoms with Crippen LogP contribution in [0.25, 0.3) is 0 Å². The van der Waals surface area contributed by atoms with E-state index in [1.54, 1.807) is 19.1 Å². The second-order valence-electron chi connectivity index (χ2n) is 6.36. The van der Waals surface area contributed by atoms with Gasteiger partial charge in [0, 0.05) is 6.54 Å². The molecule has 3 rings (SSSR count). The second-order valence-corrected chi connectivity index (χ2v) is 7.57. The number of aryl methyl sites for hydroxylation is 2. The van der Waals surface area contributed by atoms with Gasteiger partial charge in [-0.15, -0.1) is 11.3 Å². The normalized spacial score (nSPS) is 17.4. The highest BCUT2D eigenvalue weighted by Gasteiger charge is 2.45. The van der Waals surface area contributed by atoms with Crippen molar-refractivity contribution >= 4 is 23.0 Å². The number of ketones is 1. The largest absolute Gasteiger partial charge is 0.503 e. The van der Waals surface area contributed by atoms with E-state index in [0.29, 0.717) is 22.9 Å². The van der Waals surface area contributed by atoms with Crippen LogP contribution in [0.5, 0.6) is 0 Å². The Kier molecular flexibility index (Phi) is 5.27. The lowest BCUT2D eigenvalue weighted by Gasteiger charge is -2.24. The number of aliphatic hydroxyl groups excluding tert-OH is 1. The van der Waals surface area contributed by atoms with Crippen LogP contribution < -0.4 is 0 Å². The van der Waals surface area contributed by atoms with Crippen LogP contribution in [-0.2, 0) is 4.79 Å². The fourth-order valence-electron chi connectivity index (χ4n) is 3.26. The molecule has 3 heterocycles. The third-order valence-electron chi connectivity index (χ3n) is 4.47. The van der Waals surface area contributed by atoms with Crippen LogP contribution in [-0.4, -0.2) is 33.2 Å². The summed E-state index contributed by atoms with van der Waals surface area (Å²) in [4.78, 5) is 32.1. The van der Waals surface area contributed by atoms with Crippen LogP contribution in [0.1, 0.15) is 58.4 Å². The lowest BCUT2D eigenvalue weighted by molar-refractivity contribution is -0.129. The van der Waals surface area contributed by atoms with E-state index in [-0.39, 0.29) is 11.4 Å². The highest BCUT2D eigenvalue weighted by Crippen LogP contribution is 2.40. The highest BCUT2D eigenvalue weighted by atomic mass is 32.1. The summed E-state index contributed by atoms with van der Waals surface area (Å²) in [5.74, 6) is -0.900. The van der Waals surface area contributed by atoms with Gasteiger partial charge in [-0.2, -0.15) is 0 Å². The van der Waals surface area contributed by atoms with Crippen LogP contribution in [0.3, 0.4) is 0 Å². The lowest BCUT2D eigenvalue weighted by Crippen LogP contribution is -2.31. The first kappa shape index (κ1) is 18.4. The zero-order chi connectivity index (χ0) is 18.8. The molecule has 1 aliphatic rings. The molecule has 1 aliphatic heterocycles. The van der Waals surface area contributed by atoms with Crippen molar-refractivity contribution in [3.8, 4) is 0 Å². The van der Waals surface area contributed by atoms with Crippen molar-refractivity contribution in [1.29, 1.82) is 0 Å². The minimum atomic E-state index is -0.705. The van der Waals surface area contributed by atoms with Gasteiger partial charge < -0.3 is 14.4 Å². The number of thiazole rings is 1. The van der Waals surface area contributed by atoms with Crippen LogP contribution in [0.4, 0.5) is 0 Å². The van der Waals surface area contributed by atoms with Gasteiger partial charge >= 0.3 is 0 Å². The van der Waals surface area contributed by atoms with E-state index in [9.17, 15) is 14.7 Å². The van der Waals surface area contributed by atoms with E-state index >= 15 is 0 Å². The average Bonchev–Trinajstić information content (AvgIpc) is 3.29. The third kappa shape index (κ3) is 3.19. The second kappa shape index (κ2) is 7.45. The Morgan fingerprint density at radius 2 is 2.15 bits per heavy atom. The topological polar surface area (TPSA) is 83.6 Å². The Hall–Kier alpha value is -2.41. The molecule has 7 heteroatoms. The van der Waals surface area contributed by atoms with Crippen molar-refractivity contribution in [2.24, 2.45) is 0 Å². The smallest absolute Gasteiger partial charge is 0.290 e.